The van der Waals surface area contributed by atoms with Gasteiger partial charge in [-0.15, -0.1) is 0 Å². The number of ether oxygens (including phenoxy) is 1. The first kappa shape index (κ1) is 20.2. The van der Waals surface area contributed by atoms with Crippen LogP contribution in [0.1, 0.15) is 16.8 Å². The number of aromatic amines is 1. The highest BCUT2D eigenvalue weighted by Gasteiger charge is 2.23. The number of benzene rings is 2. The average Bonchev–Trinajstić information content (AvgIpc) is 3.15. The van der Waals surface area contributed by atoms with Crippen molar-refractivity contribution in [2.75, 3.05) is 33.3 Å². The number of nitrogens with one attached hydrogen (secondary N) is 1. The van der Waals surface area contributed by atoms with Crippen molar-refractivity contribution in [1.29, 1.82) is 0 Å². The summed E-state index contributed by atoms with van der Waals surface area (Å²) < 4.78 is 5.24. The summed E-state index contributed by atoms with van der Waals surface area (Å²) in [6.07, 6.45) is 0.363. The number of aromatic nitrogens is 2. The van der Waals surface area contributed by atoms with E-state index in [4.69, 9.17) is 4.74 Å². The lowest BCUT2D eigenvalue weighted by atomic mass is 10.0. The largest absolute Gasteiger partial charge is 0.497 e. The van der Waals surface area contributed by atoms with Crippen LogP contribution in [0.4, 0.5) is 0 Å². The van der Waals surface area contributed by atoms with Gasteiger partial charge in [-0.2, -0.15) is 5.10 Å². The standard InChI is InChI=1S/C24H28N4O2/c1-18-22(24(26-25-18)20-8-10-21(30-2)11-9-20)16-23(29)28-14-12-27(13-15-28)17-19-6-4-3-5-7-19/h3-11H,12-17H2,1-2H3,(H,25,26). The van der Waals surface area contributed by atoms with Crippen molar-refractivity contribution in [3.8, 4) is 17.0 Å². The van der Waals surface area contributed by atoms with Crippen LogP contribution in [0, 0.1) is 6.92 Å². The van der Waals surface area contributed by atoms with E-state index in [1.54, 1.807) is 7.11 Å². The highest BCUT2D eigenvalue weighted by Crippen LogP contribution is 2.26. The van der Waals surface area contributed by atoms with E-state index in [0.29, 0.717) is 6.42 Å². The van der Waals surface area contributed by atoms with Gasteiger partial charge in [0.15, 0.2) is 0 Å². The summed E-state index contributed by atoms with van der Waals surface area (Å²) in [7, 11) is 1.65. The van der Waals surface area contributed by atoms with Gasteiger partial charge in [0.05, 0.1) is 19.2 Å². The van der Waals surface area contributed by atoms with Gasteiger partial charge in [0.25, 0.3) is 0 Å². The Morgan fingerprint density at radius 3 is 2.40 bits per heavy atom. The van der Waals surface area contributed by atoms with Crippen molar-refractivity contribution >= 4 is 5.91 Å². The molecule has 0 unspecified atom stereocenters. The van der Waals surface area contributed by atoms with Crippen LogP contribution in [0.15, 0.2) is 54.6 Å². The number of hydrogen-bond donors (Lipinski definition) is 1. The van der Waals surface area contributed by atoms with E-state index in [9.17, 15) is 4.79 Å². The molecule has 0 saturated carbocycles. The second kappa shape index (κ2) is 9.13. The fourth-order valence-electron chi connectivity index (χ4n) is 3.92. The lowest BCUT2D eigenvalue weighted by molar-refractivity contribution is -0.132. The summed E-state index contributed by atoms with van der Waals surface area (Å²) in [5.74, 6) is 0.964. The van der Waals surface area contributed by atoms with E-state index in [1.807, 2.05) is 42.2 Å². The molecule has 6 nitrogen and oxygen atoms in total. The molecule has 1 aliphatic rings. The first-order valence-corrected chi connectivity index (χ1v) is 10.4. The van der Waals surface area contributed by atoms with Crippen LogP contribution in [0.25, 0.3) is 11.3 Å². The summed E-state index contributed by atoms with van der Waals surface area (Å²) >= 11 is 0. The molecule has 0 radical (unpaired) electrons. The van der Waals surface area contributed by atoms with Gasteiger partial charge in [0.1, 0.15) is 5.75 Å². The van der Waals surface area contributed by atoms with Gasteiger partial charge in [-0.05, 0) is 36.8 Å². The zero-order valence-electron chi connectivity index (χ0n) is 17.6. The maximum Gasteiger partial charge on any atom is 0.227 e. The maximum absolute atomic E-state index is 13.0. The minimum Gasteiger partial charge on any atom is -0.497 e. The molecule has 1 fully saturated rings. The van der Waals surface area contributed by atoms with E-state index in [2.05, 4.69) is 39.4 Å². The van der Waals surface area contributed by atoms with Gasteiger partial charge in [-0.1, -0.05) is 30.3 Å². The number of hydrogen-bond acceptors (Lipinski definition) is 4. The first-order valence-electron chi connectivity index (χ1n) is 10.4. The Balaban J connectivity index is 1.38. The number of rotatable bonds is 6. The fourth-order valence-corrected chi connectivity index (χ4v) is 3.92. The molecule has 156 valence electrons. The molecule has 0 aliphatic carbocycles. The number of methoxy groups -OCH3 is 1. The van der Waals surface area contributed by atoms with E-state index in [0.717, 1.165) is 61.0 Å². The maximum atomic E-state index is 13.0. The third-order valence-corrected chi connectivity index (χ3v) is 5.74. The Morgan fingerprint density at radius 1 is 1.03 bits per heavy atom. The van der Waals surface area contributed by atoms with Crippen molar-refractivity contribution in [3.05, 3.63) is 71.4 Å². The van der Waals surface area contributed by atoms with E-state index in [-0.39, 0.29) is 5.91 Å². The smallest absolute Gasteiger partial charge is 0.227 e. The average molecular weight is 405 g/mol. The number of carbonyl (C=O) groups excluding carboxylic acids is 1. The van der Waals surface area contributed by atoms with Crippen molar-refractivity contribution < 1.29 is 9.53 Å². The second-order valence-electron chi connectivity index (χ2n) is 7.72. The Kier molecular flexibility index (Phi) is 6.14. The number of aryl methyl sites for hydroxylation is 1. The Morgan fingerprint density at radius 2 is 1.73 bits per heavy atom. The summed E-state index contributed by atoms with van der Waals surface area (Å²) in [4.78, 5) is 17.4. The molecule has 2 heterocycles. The molecule has 0 spiro atoms. The van der Waals surface area contributed by atoms with Gasteiger partial charge in [0, 0.05) is 49.5 Å². The summed E-state index contributed by atoms with van der Waals surface area (Å²) in [6.45, 7) is 6.24. The number of amides is 1. The molecule has 6 heteroatoms. The molecule has 4 rings (SSSR count). The number of H-pyrrole nitrogens is 1. The van der Waals surface area contributed by atoms with Gasteiger partial charge >= 0.3 is 0 Å². The second-order valence-corrected chi connectivity index (χ2v) is 7.72. The molecule has 1 aromatic heterocycles. The normalized spacial score (nSPS) is 14.7. The fraction of sp³-hybridized carbons (Fsp3) is 0.333. The Hall–Kier alpha value is -3.12. The monoisotopic (exact) mass is 404 g/mol. The molecule has 30 heavy (non-hydrogen) atoms. The van der Waals surface area contributed by atoms with Crippen molar-refractivity contribution in [1.82, 2.24) is 20.0 Å². The molecule has 2 aromatic carbocycles. The van der Waals surface area contributed by atoms with E-state index >= 15 is 0 Å². The minimum absolute atomic E-state index is 0.161. The Bertz CT molecular complexity index is 974. The predicted molar refractivity (Wildman–Crippen MR) is 117 cm³/mol. The van der Waals surface area contributed by atoms with Gasteiger partial charge in [0.2, 0.25) is 5.91 Å². The zero-order chi connectivity index (χ0) is 20.9. The lowest BCUT2D eigenvalue weighted by Gasteiger charge is -2.35. The van der Waals surface area contributed by atoms with Gasteiger partial charge in [-0.25, -0.2) is 0 Å². The molecule has 1 amide bonds. The van der Waals surface area contributed by atoms with Crippen molar-refractivity contribution in [2.24, 2.45) is 0 Å². The zero-order valence-corrected chi connectivity index (χ0v) is 17.6. The van der Waals surface area contributed by atoms with Crippen LogP contribution in [0.5, 0.6) is 5.75 Å². The molecule has 1 aliphatic heterocycles. The van der Waals surface area contributed by atoms with E-state index in [1.165, 1.54) is 5.56 Å². The lowest BCUT2D eigenvalue weighted by Crippen LogP contribution is -2.48. The van der Waals surface area contributed by atoms with Crippen molar-refractivity contribution in [2.45, 2.75) is 19.9 Å². The van der Waals surface area contributed by atoms with Gasteiger partial charge in [-0.3, -0.25) is 14.8 Å². The van der Waals surface area contributed by atoms with Crippen LogP contribution in [0.3, 0.4) is 0 Å². The number of carbonyl (C=O) groups is 1. The van der Waals surface area contributed by atoms with Crippen LogP contribution in [0.2, 0.25) is 0 Å². The quantitative estimate of drug-likeness (QED) is 0.685. The summed E-state index contributed by atoms with van der Waals surface area (Å²) in [5, 5.41) is 7.50. The number of nitrogens with zero attached hydrogens (tertiary/aromatic N) is 3. The summed E-state index contributed by atoms with van der Waals surface area (Å²) in [5.41, 5.74) is 5.05. The SMILES string of the molecule is COc1ccc(-c2n[nH]c(C)c2CC(=O)N2CCN(Cc3ccccc3)CC2)cc1. The molecular formula is C24H28N4O2. The van der Waals surface area contributed by atoms with Crippen LogP contribution in [-0.2, 0) is 17.8 Å². The van der Waals surface area contributed by atoms with Crippen LogP contribution >= 0.6 is 0 Å². The third-order valence-electron chi connectivity index (χ3n) is 5.74. The summed E-state index contributed by atoms with van der Waals surface area (Å²) in [6, 6.07) is 18.3. The first-order chi connectivity index (χ1) is 14.6. The van der Waals surface area contributed by atoms with Crippen LogP contribution < -0.4 is 4.74 Å². The van der Waals surface area contributed by atoms with Crippen LogP contribution in [-0.4, -0.2) is 59.2 Å². The van der Waals surface area contributed by atoms with E-state index < -0.39 is 0 Å². The molecule has 0 bridgehead atoms. The molecule has 3 aromatic rings. The van der Waals surface area contributed by atoms with Gasteiger partial charge < -0.3 is 9.64 Å². The third kappa shape index (κ3) is 4.54. The van der Waals surface area contributed by atoms with Crippen molar-refractivity contribution in [3.63, 3.8) is 0 Å². The topological polar surface area (TPSA) is 61.5 Å². The highest BCUT2D eigenvalue weighted by molar-refractivity contribution is 5.82. The molecule has 0 atom stereocenters. The predicted octanol–water partition coefficient (Wildman–Crippen LogP) is 3.28. The molecule has 1 saturated heterocycles. The number of piperazine rings is 1. The minimum atomic E-state index is 0.161. The Labute approximate surface area is 177 Å². The highest BCUT2D eigenvalue weighted by atomic mass is 16.5. The molecule has 1 N–H and O–H groups in total. The molecular weight excluding hydrogens is 376 g/mol.